The van der Waals surface area contributed by atoms with E-state index in [-0.39, 0.29) is 11.9 Å². The van der Waals surface area contributed by atoms with Gasteiger partial charge in [-0.25, -0.2) is 4.39 Å². The van der Waals surface area contributed by atoms with Crippen LogP contribution >= 0.6 is 12.2 Å². The number of anilines is 1. The molecule has 1 aliphatic rings. The van der Waals surface area contributed by atoms with E-state index in [0.29, 0.717) is 30.5 Å². The molecule has 126 valence electrons. The zero-order chi connectivity index (χ0) is 16.9. The molecule has 2 aromatic carbocycles. The van der Waals surface area contributed by atoms with Gasteiger partial charge < -0.3 is 19.7 Å². The van der Waals surface area contributed by atoms with Crippen molar-refractivity contribution in [1.29, 1.82) is 0 Å². The molecule has 0 fully saturated rings. The van der Waals surface area contributed by atoms with Crippen LogP contribution in [0.2, 0.25) is 0 Å². The normalized spacial score (nSPS) is 15.7. The summed E-state index contributed by atoms with van der Waals surface area (Å²) in [6.45, 7) is 3.69. The smallest absolute Gasteiger partial charge is 0.173 e. The van der Waals surface area contributed by atoms with Gasteiger partial charge in [-0.05, 0) is 43.4 Å². The number of hydrogen-bond acceptors (Lipinski definition) is 3. The van der Waals surface area contributed by atoms with E-state index in [9.17, 15) is 4.39 Å². The fraction of sp³-hybridized carbons (Fsp3) is 0.278. The molecule has 0 amide bonds. The Morgan fingerprint density at radius 1 is 1.21 bits per heavy atom. The van der Waals surface area contributed by atoms with E-state index in [1.54, 1.807) is 18.2 Å². The van der Waals surface area contributed by atoms with E-state index in [2.05, 4.69) is 5.32 Å². The Hall–Kier alpha value is -2.34. The zero-order valence-electron chi connectivity index (χ0n) is 13.4. The van der Waals surface area contributed by atoms with Crippen LogP contribution in [-0.4, -0.2) is 35.8 Å². The van der Waals surface area contributed by atoms with E-state index in [1.807, 2.05) is 36.1 Å². The third-order valence-electron chi connectivity index (χ3n) is 3.78. The fourth-order valence-corrected chi connectivity index (χ4v) is 2.82. The minimum Gasteiger partial charge on any atom is -0.486 e. The van der Waals surface area contributed by atoms with Crippen molar-refractivity contribution in [1.82, 2.24) is 4.90 Å². The van der Waals surface area contributed by atoms with Crippen LogP contribution < -0.4 is 14.8 Å². The predicted octanol–water partition coefficient (Wildman–Crippen LogP) is 3.68. The quantitative estimate of drug-likeness (QED) is 0.854. The number of ether oxygens (including phenoxy) is 2. The Labute approximate surface area is 146 Å². The van der Waals surface area contributed by atoms with Gasteiger partial charge in [-0.15, -0.1) is 0 Å². The molecule has 3 rings (SSSR count). The highest BCUT2D eigenvalue weighted by molar-refractivity contribution is 7.80. The number of hydrogen-bond donors (Lipinski definition) is 1. The highest BCUT2D eigenvalue weighted by atomic mass is 32.1. The average molecular weight is 346 g/mol. The van der Waals surface area contributed by atoms with Crippen molar-refractivity contribution in [2.45, 2.75) is 13.0 Å². The van der Waals surface area contributed by atoms with Gasteiger partial charge in [0.1, 0.15) is 12.4 Å². The Morgan fingerprint density at radius 3 is 2.67 bits per heavy atom. The first kappa shape index (κ1) is 16.5. The van der Waals surface area contributed by atoms with Crippen LogP contribution in [0.25, 0.3) is 0 Å². The van der Waals surface area contributed by atoms with Crippen molar-refractivity contribution in [3.05, 3.63) is 54.3 Å². The second-order valence-corrected chi connectivity index (χ2v) is 5.83. The van der Waals surface area contributed by atoms with Crippen LogP contribution in [-0.2, 0) is 0 Å². The highest BCUT2D eigenvalue weighted by Gasteiger charge is 2.23. The highest BCUT2D eigenvalue weighted by Crippen LogP contribution is 2.31. The lowest BCUT2D eigenvalue weighted by Gasteiger charge is -2.32. The van der Waals surface area contributed by atoms with Gasteiger partial charge in [-0.1, -0.05) is 24.3 Å². The summed E-state index contributed by atoms with van der Waals surface area (Å²) in [6, 6.07) is 14.1. The Balaban J connectivity index is 1.63. The third kappa shape index (κ3) is 3.76. The first-order chi connectivity index (χ1) is 11.7. The Kier molecular flexibility index (Phi) is 5.15. The predicted molar refractivity (Wildman–Crippen MR) is 96.2 cm³/mol. The molecule has 4 nitrogen and oxygen atoms in total. The summed E-state index contributed by atoms with van der Waals surface area (Å²) in [6.07, 6.45) is -0.139. The van der Waals surface area contributed by atoms with Gasteiger partial charge >= 0.3 is 0 Å². The number of fused-ring (bicyclic) bond motifs is 1. The number of nitrogens with one attached hydrogen (secondary N) is 1. The number of likely N-dealkylation sites (N-methyl/N-ethyl adjacent to an activating group) is 1. The molecule has 0 unspecified atom stereocenters. The van der Waals surface area contributed by atoms with E-state index in [1.165, 1.54) is 6.07 Å². The minimum absolute atomic E-state index is 0.139. The molecule has 0 spiro atoms. The first-order valence-electron chi connectivity index (χ1n) is 7.86. The molecule has 0 radical (unpaired) electrons. The summed E-state index contributed by atoms with van der Waals surface area (Å²) in [5.74, 6) is 1.16. The second-order valence-electron chi connectivity index (χ2n) is 5.45. The molecule has 0 aromatic heterocycles. The molecule has 1 N–H and O–H groups in total. The van der Waals surface area contributed by atoms with Crippen molar-refractivity contribution < 1.29 is 13.9 Å². The SMILES string of the molecule is CCN(C[C@H]1COc2ccccc2O1)C(=S)Nc1ccccc1F. The van der Waals surface area contributed by atoms with Gasteiger partial charge in [0.15, 0.2) is 22.7 Å². The lowest BCUT2D eigenvalue weighted by Crippen LogP contribution is -2.45. The van der Waals surface area contributed by atoms with E-state index < -0.39 is 0 Å². The fourth-order valence-electron chi connectivity index (χ4n) is 2.51. The average Bonchev–Trinajstić information content (AvgIpc) is 2.61. The molecule has 0 saturated heterocycles. The van der Waals surface area contributed by atoms with Gasteiger partial charge in [0, 0.05) is 6.54 Å². The van der Waals surface area contributed by atoms with E-state index >= 15 is 0 Å². The summed E-state index contributed by atoms with van der Waals surface area (Å²) in [7, 11) is 0. The van der Waals surface area contributed by atoms with Crippen LogP contribution in [0.3, 0.4) is 0 Å². The summed E-state index contributed by atoms with van der Waals surface area (Å²) < 4.78 is 25.4. The molecular weight excluding hydrogens is 327 g/mol. The maximum atomic E-state index is 13.8. The second kappa shape index (κ2) is 7.49. The molecule has 6 heteroatoms. The van der Waals surface area contributed by atoms with Gasteiger partial charge in [0.05, 0.1) is 12.2 Å². The van der Waals surface area contributed by atoms with Gasteiger partial charge in [0.2, 0.25) is 0 Å². The molecule has 0 aliphatic carbocycles. The lowest BCUT2D eigenvalue weighted by molar-refractivity contribution is 0.0754. The van der Waals surface area contributed by atoms with Crippen molar-refractivity contribution in [2.24, 2.45) is 0 Å². The first-order valence-corrected chi connectivity index (χ1v) is 8.27. The van der Waals surface area contributed by atoms with Gasteiger partial charge in [-0.2, -0.15) is 0 Å². The number of thiocarbonyl (C=S) groups is 1. The van der Waals surface area contributed by atoms with Crippen LogP contribution in [0.4, 0.5) is 10.1 Å². The molecule has 0 bridgehead atoms. The molecular formula is C18H19FN2O2S. The molecule has 1 atom stereocenters. The molecule has 24 heavy (non-hydrogen) atoms. The zero-order valence-corrected chi connectivity index (χ0v) is 14.2. The number of rotatable bonds is 4. The number of halogens is 1. The maximum absolute atomic E-state index is 13.8. The van der Waals surface area contributed by atoms with Crippen molar-refractivity contribution in [2.75, 3.05) is 25.0 Å². The van der Waals surface area contributed by atoms with Crippen LogP contribution in [0.15, 0.2) is 48.5 Å². The minimum atomic E-state index is -0.331. The van der Waals surface area contributed by atoms with E-state index in [4.69, 9.17) is 21.7 Å². The van der Waals surface area contributed by atoms with Crippen LogP contribution in [0.1, 0.15) is 6.92 Å². The largest absolute Gasteiger partial charge is 0.486 e. The third-order valence-corrected chi connectivity index (χ3v) is 4.14. The monoisotopic (exact) mass is 346 g/mol. The number of para-hydroxylation sites is 3. The molecule has 0 saturated carbocycles. The van der Waals surface area contributed by atoms with Gasteiger partial charge in [0.25, 0.3) is 0 Å². The summed E-state index contributed by atoms with van der Waals surface area (Å²) in [4.78, 5) is 1.93. The molecule has 1 aliphatic heterocycles. The Bertz CT molecular complexity index is 726. The van der Waals surface area contributed by atoms with Crippen molar-refractivity contribution in [3.63, 3.8) is 0 Å². The summed E-state index contributed by atoms with van der Waals surface area (Å²) >= 11 is 5.41. The van der Waals surface area contributed by atoms with Crippen LogP contribution in [0.5, 0.6) is 11.5 Å². The Morgan fingerprint density at radius 2 is 1.92 bits per heavy atom. The molecule has 1 heterocycles. The topological polar surface area (TPSA) is 33.7 Å². The van der Waals surface area contributed by atoms with Gasteiger partial charge in [-0.3, -0.25) is 0 Å². The maximum Gasteiger partial charge on any atom is 0.173 e. The molecule has 2 aromatic rings. The van der Waals surface area contributed by atoms with Crippen LogP contribution in [0, 0.1) is 5.82 Å². The summed E-state index contributed by atoms with van der Waals surface area (Å²) in [5, 5.41) is 3.42. The number of benzene rings is 2. The van der Waals surface area contributed by atoms with Crippen molar-refractivity contribution >= 4 is 23.0 Å². The lowest BCUT2D eigenvalue weighted by atomic mass is 10.2. The van der Waals surface area contributed by atoms with E-state index in [0.717, 1.165) is 11.5 Å². The number of nitrogens with zero attached hydrogens (tertiary/aromatic N) is 1. The summed E-state index contributed by atoms with van der Waals surface area (Å²) in [5.41, 5.74) is 0.368. The standard InChI is InChI=1S/C18H19FN2O2S/c1-2-21(18(24)20-15-8-4-3-7-14(15)19)11-13-12-22-16-9-5-6-10-17(16)23-13/h3-10,13H,2,11-12H2,1H3,(H,20,24)/t13-/m0/s1. The van der Waals surface area contributed by atoms with Crippen molar-refractivity contribution in [3.8, 4) is 11.5 Å².